The Bertz CT molecular complexity index is 470. The van der Waals surface area contributed by atoms with Gasteiger partial charge < -0.3 is 10.1 Å². The van der Waals surface area contributed by atoms with Crippen molar-refractivity contribution in [1.82, 2.24) is 5.32 Å². The molecule has 1 N–H and O–H groups in total. The molecular weight excluding hydrogens is 262 g/mol. The Morgan fingerprint density at radius 2 is 2.14 bits per heavy atom. The third-order valence-corrected chi connectivity index (χ3v) is 4.30. The second-order valence-electron chi connectivity index (χ2n) is 6.40. The number of esters is 1. The van der Waals surface area contributed by atoms with Crippen LogP contribution in [0, 0.1) is 5.92 Å². The van der Waals surface area contributed by atoms with Crippen molar-refractivity contribution in [3.63, 3.8) is 0 Å². The van der Waals surface area contributed by atoms with Crippen LogP contribution in [-0.4, -0.2) is 25.7 Å². The van der Waals surface area contributed by atoms with E-state index in [1.165, 1.54) is 37.5 Å². The van der Waals surface area contributed by atoms with Gasteiger partial charge in [-0.1, -0.05) is 38.1 Å². The Kier molecular flexibility index (Phi) is 5.80. The maximum absolute atomic E-state index is 11.9. The maximum Gasteiger partial charge on any atom is 0.322 e. The normalized spacial score (nSPS) is 19.1. The Hall–Kier alpha value is -1.35. The van der Waals surface area contributed by atoms with Gasteiger partial charge in [-0.15, -0.1) is 0 Å². The van der Waals surface area contributed by atoms with Crippen LogP contribution in [0.3, 0.4) is 0 Å². The molecule has 2 atom stereocenters. The first kappa shape index (κ1) is 16.0. The van der Waals surface area contributed by atoms with E-state index < -0.39 is 0 Å². The molecule has 0 saturated carbocycles. The lowest BCUT2D eigenvalue weighted by atomic mass is 9.82. The lowest BCUT2D eigenvalue weighted by Crippen LogP contribution is -2.41. The van der Waals surface area contributed by atoms with Crippen molar-refractivity contribution >= 4 is 5.97 Å². The van der Waals surface area contributed by atoms with Crippen molar-refractivity contribution in [2.45, 2.75) is 51.5 Å². The van der Waals surface area contributed by atoms with Crippen molar-refractivity contribution < 1.29 is 9.53 Å². The number of fused-ring (bicyclic) bond motifs is 1. The summed E-state index contributed by atoms with van der Waals surface area (Å²) < 4.78 is 4.92. The van der Waals surface area contributed by atoms with Gasteiger partial charge in [-0.3, -0.25) is 4.79 Å². The molecule has 1 aliphatic carbocycles. The van der Waals surface area contributed by atoms with E-state index in [4.69, 9.17) is 4.74 Å². The number of benzene rings is 1. The second kappa shape index (κ2) is 7.60. The summed E-state index contributed by atoms with van der Waals surface area (Å²) in [5.74, 6) is 0.835. The van der Waals surface area contributed by atoms with Crippen LogP contribution in [0.2, 0.25) is 0 Å². The summed E-state index contributed by atoms with van der Waals surface area (Å²) in [6.45, 7) is 5.12. The van der Waals surface area contributed by atoms with Crippen LogP contribution in [0.15, 0.2) is 24.3 Å². The number of nitrogens with one attached hydrogen (secondary N) is 1. The van der Waals surface area contributed by atoms with Gasteiger partial charge >= 0.3 is 5.97 Å². The van der Waals surface area contributed by atoms with Crippen molar-refractivity contribution in [2.75, 3.05) is 13.7 Å². The molecule has 0 saturated heterocycles. The van der Waals surface area contributed by atoms with Gasteiger partial charge in [0.05, 0.1) is 7.11 Å². The standard InChI is InChI=1S/C18H27NO2/c1-13(2)11-17(18(20)21-3)19-12-15-9-6-8-14-7-4-5-10-16(14)15/h4-5,7,10,13,15,17,19H,6,8-9,11-12H2,1-3H3. The molecule has 1 aliphatic rings. The van der Waals surface area contributed by atoms with Gasteiger partial charge in [0.1, 0.15) is 6.04 Å². The second-order valence-corrected chi connectivity index (χ2v) is 6.40. The van der Waals surface area contributed by atoms with E-state index in [1.807, 2.05) is 0 Å². The lowest BCUT2D eigenvalue weighted by molar-refractivity contribution is -0.143. The molecule has 0 heterocycles. The average molecular weight is 289 g/mol. The van der Waals surface area contributed by atoms with E-state index >= 15 is 0 Å². The predicted molar refractivity (Wildman–Crippen MR) is 85.4 cm³/mol. The number of carbonyl (C=O) groups excluding carboxylic acids is 1. The van der Waals surface area contributed by atoms with Gasteiger partial charge in [0, 0.05) is 6.54 Å². The van der Waals surface area contributed by atoms with Gasteiger partial charge in [-0.05, 0) is 48.6 Å². The molecule has 0 fully saturated rings. The minimum atomic E-state index is -0.191. The van der Waals surface area contributed by atoms with Crippen LogP contribution < -0.4 is 5.32 Å². The summed E-state index contributed by atoms with van der Waals surface area (Å²) in [6.07, 6.45) is 4.43. The van der Waals surface area contributed by atoms with Crippen LogP contribution in [0.5, 0.6) is 0 Å². The van der Waals surface area contributed by atoms with Gasteiger partial charge in [0.15, 0.2) is 0 Å². The number of hydrogen-bond donors (Lipinski definition) is 1. The maximum atomic E-state index is 11.9. The van der Waals surface area contributed by atoms with Crippen molar-refractivity contribution in [3.05, 3.63) is 35.4 Å². The summed E-state index contributed by atoms with van der Waals surface area (Å²) >= 11 is 0. The molecule has 1 aromatic carbocycles. The molecule has 1 aromatic rings. The highest BCUT2D eigenvalue weighted by Gasteiger charge is 2.24. The van der Waals surface area contributed by atoms with Crippen LogP contribution in [0.4, 0.5) is 0 Å². The number of carbonyl (C=O) groups is 1. The van der Waals surface area contributed by atoms with Crippen LogP contribution >= 0.6 is 0 Å². The monoisotopic (exact) mass is 289 g/mol. The predicted octanol–water partition coefficient (Wildman–Crippen LogP) is 3.28. The van der Waals surface area contributed by atoms with Crippen molar-refractivity contribution in [1.29, 1.82) is 0 Å². The highest BCUT2D eigenvalue weighted by molar-refractivity contribution is 5.75. The zero-order valence-corrected chi connectivity index (χ0v) is 13.4. The first-order chi connectivity index (χ1) is 10.1. The minimum Gasteiger partial charge on any atom is -0.468 e. The summed E-state index contributed by atoms with van der Waals surface area (Å²) in [6, 6.07) is 8.50. The van der Waals surface area contributed by atoms with Gasteiger partial charge in [-0.2, -0.15) is 0 Å². The van der Waals surface area contributed by atoms with Crippen LogP contribution in [-0.2, 0) is 16.0 Å². The molecule has 21 heavy (non-hydrogen) atoms. The Balaban J connectivity index is 1.99. The van der Waals surface area contributed by atoms with Crippen LogP contribution in [0.1, 0.15) is 50.2 Å². The topological polar surface area (TPSA) is 38.3 Å². The molecule has 116 valence electrons. The zero-order chi connectivity index (χ0) is 15.2. The SMILES string of the molecule is COC(=O)C(CC(C)C)NCC1CCCc2ccccc21. The van der Waals surface area contributed by atoms with E-state index in [0.717, 1.165) is 13.0 Å². The molecule has 0 aromatic heterocycles. The van der Waals surface area contributed by atoms with E-state index in [0.29, 0.717) is 11.8 Å². The zero-order valence-electron chi connectivity index (χ0n) is 13.4. The van der Waals surface area contributed by atoms with Crippen molar-refractivity contribution in [2.24, 2.45) is 5.92 Å². The third kappa shape index (κ3) is 4.31. The minimum absolute atomic E-state index is 0.146. The van der Waals surface area contributed by atoms with Gasteiger partial charge in [0.2, 0.25) is 0 Å². The molecule has 0 amide bonds. The Morgan fingerprint density at radius 1 is 1.38 bits per heavy atom. The molecule has 0 bridgehead atoms. The van der Waals surface area contributed by atoms with Crippen molar-refractivity contribution in [3.8, 4) is 0 Å². The number of methoxy groups -OCH3 is 1. The number of hydrogen-bond acceptors (Lipinski definition) is 3. The number of rotatable bonds is 6. The highest BCUT2D eigenvalue weighted by Crippen LogP contribution is 2.31. The first-order valence-corrected chi connectivity index (χ1v) is 8.00. The van der Waals surface area contributed by atoms with Crippen LogP contribution in [0.25, 0.3) is 0 Å². The number of aryl methyl sites for hydroxylation is 1. The number of ether oxygens (including phenoxy) is 1. The fourth-order valence-corrected chi connectivity index (χ4v) is 3.23. The molecule has 3 heteroatoms. The smallest absolute Gasteiger partial charge is 0.322 e. The van der Waals surface area contributed by atoms with E-state index in [-0.39, 0.29) is 12.0 Å². The Morgan fingerprint density at radius 3 is 2.86 bits per heavy atom. The molecular formula is C18H27NO2. The summed E-state index contributed by atoms with van der Waals surface area (Å²) in [5.41, 5.74) is 2.92. The van der Waals surface area contributed by atoms with E-state index in [1.54, 1.807) is 0 Å². The highest BCUT2D eigenvalue weighted by atomic mass is 16.5. The summed E-state index contributed by atoms with van der Waals surface area (Å²) in [4.78, 5) is 11.9. The quantitative estimate of drug-likeness (QED) is 0.817. The molecule has 3 nitrogen and oxygen atoms in total. The Labute approximate surface area is 128 Å². The molecule has 2 unspecified atom stereocenters. The largest absolute Gasteiger partial charge is 0.468 e. The molecule has 2 rings (SSSR count). The molecule has 0 spiro atoms. The fraction of sp³-hybridized carbons (Fsp3) is 0.611. The summed E-state index contributed by atoms with van der Waals surface area (Å²) in [5, 5.41) is 3.44. The summed E-state index contributed by atoms with van der Waals surface area (Å²) in [7, 11) is 1.47. The first-order valence-electron chi connectivity index (χ1n) is 8.00. The van der Waals surface area contributed by atoms with Gasteiger partial charge in [0.25, 0.3) is 0 Å². The average Bonchev–Trinajstić information content (AvgIpc) is 2.50. The third-order valence-electron chi connectivity index (χ3n) is 4.30. The van der Waals surface area contributed by atoms with E-state index in [9.17, 15) is 4.79 Å². The van der Waals surface area contributed by atoms with E-state index in [2.05, 4.69) is 43.4 Å². The molecule has 0 aliphatic heterocycles. The fourth-order valence-electron chi connectivity index (χ4n) is 3.23. The lowest BCUT2D eigenvalue weighted by Gasteiger charge is -2.27. The molecule has 0 radical (unpaired) electrons. The van der Waals surface area contributed by atoms with Gasteiger partial charge in [-0.25, -0.2) is 0 Å².